The molecule has 0 spiro atoms. The summed E-state index contributed by atoms with van der Waals surface area (Å²) in [5, 5.41) is 3.85. The third kappa shape index (κ3) is 4.41. The molecule has 1 aliphatic rings. The Hall–Kier alpha value is -1.24. The van der Waals surface area contributed by atoms with Crippen molar-refractivity contribution in [1.29, 1.82) is 0 Å². The quantitative estimate of drug-likeness (QED) is 0.680. The van der Waals surface area contributed by atoms with Crippen LogP contribution in [0.5, 0.6) is 0 Å². The van der Waals surface area contributed by atoms with Gasteiger partial charge in [-0.15, -0.1) is 0 Å². The number of hydrogen-bond donors (Lipinski definition) is 1. The van der Waals surface area contributed by atoms with Gasteiger partial charge in [0.25, 0.3) is 0 Å². The third-order valence-corrected chi connectivity index (χ3v) is 3.25. The van der Waals surface area contributed by atoms with Gasteiger partial charge < -0.3 is 5.32 Å². The molecule has 2 heterocycles. The van der Waals surface area contributed by atoms with E-state index in [0.29, 0.717) is 11.2 Å². The Labute approximate surface area is 120 Å². The number of nitrogens with one attached hydrogen (secondary N) is 1. The smallest absolute Gasteiger partial charge is 0.131 e. The molecule has 3 nitrogen and oxygen atoms in total. The van der Waals surface area contributed by atoms with Crippen LogP contribution in [-0.2, 0) is 0 Å². The van der Waals surface area contributed by atoms with Crippen LogP contribution in [0.2, 0.25) is 5.15 Å². The number of halogens is 1. The average Bonchev–Trinajstić information content (AvgIpc) is 2.84. The summed E-state index contributed by atoms with van der Waals surface area (Å²) in [7, 11) is 0. The van der Waals surface area contributed by atoms with Crippen molar-refractivity contribution in [2.75, 3.05) is 25.0 Å². The molecule has 0 atom stereocenters. The van der Waals surface area contributed by atoms with Crippen LogP contribution in [0.1, 0.15) is 32.3 Å². The van der Waals surface area contributed by atoms with Gasteiger partial charge in [0.05, 0.1) is 17.8 Å². The molecule has 1 saturated heterocycles. The molecule has 1 N–H and O–H groups in total. The summed E-state index contributed by atoms with van der Waals surface area (Å²) in [6, 6.07) is 2.18. The monoisotopic (exact) mass is 277 g/mol. The van der Waals surface area contributed by atoms with Crippen molar-refractivity contribution in [2.45, 2.75) is 32.7 Å². The van der Waals surface area contributed by atoms with Crippen molar-refractivity contribution < 1.29 is 0 Å². The Morgan fingerprint density at radius 3 is 2.84 bits per heavy atom. The van der Waals surface area contributed by atoms with Crippen LogP contribution in [-0.4, -0.2) is 35.6 Å². The van der Waals surface area contributed by atoms with E-state index in [1.54, 1.807) is 6.20 Å². The van der Waals surface area contributed by atoms with Gasteiger partial charge in [-0.2, -0.15) is 0 Å². The molecule has 0 bridgehead atoms. The van der Waals surface area contributed by atoms with Gasteiger partial charge in [0, 0.05) is 12.2 Å². The molecule has 0 unspecified atom stereocenters. The summed E-state index contributed by atoms with van der Waals surface area (Å²) in [5.74, 6) is 6.43. The second-order valence-corrected chi connectivity index (χ2v) is 5.52. The van der Waals surface area contributed by atoms with E-state index in [2.05, 4.69) is 40.9 Å². The zero-order valence-corrected chi connectivity index (χ0v) is 12.3. The predicted octanol–water partition coefficient (Wildman–Crippen LogP) is 3.00. The fraction of sp³-hybridized carbons (Fsp3) is 0.533. The summed E-state index contributed by atoms with van der Waals surface area (Å²) in [6.45, 7) is 7.37. The van der Waals surface area contributed by atoms with E-state index in [9.17, 15) is 0 Å². The summed E-state index contributed by atoms with van der Waals surface area (Å²) in [6.07, 6.45) is 4.33. The number of nitrogens with zero attached hydrogens (tertiary/aromatic N) is 2. The first kappa shape index (κ1) is 14.2. The van der Waals surface area contributed by atoms with E-state index in [-0.39, 0.29) is 0 Å². The lowest BCUT2D eigenvalue weighted by Gasteiger charge is -2.12. The second-order valence-electron chi connectivity index (χ2n) is 5.14. The first-order valence-electron chi connectivity index (χ1n) is 6.78. The molecule has 1 fully saturated rings. The van der Waals surface area contributed by atoms with Gasteiger partial charge in [-0.1, -0.05) is 23.4 Å². The highest BCUT2D eigenvalue weighted by Crippen LogP contribution is 2.18. The minimum atomic E-state index is 0.345. The molecular weight excluding hydrogens is 258 g/mol. The molecule has 0 amide bonds. The third-order valence-electron chi connectivity index (χ3n) is 3.04. The molecule has 19 heavy (non-hydrogen) atoms. The van der Waals surface area contributed by atoms with E-state index in [4.69, 9.17) is 11.6 Å². The Morgan fingerprint density at radius 2 is 2.16 bits per heavy atom. The molecular formula is C15H20ClN3. The molecule has 4 heteroatoms. The van der Waals surface area contributed by atoms with Gasteiger partial charge in [-0.25, -0.2) is 4.98 Å². The molecule has 0 aliphatic carbocycles. The summed E-state index contributed by atoms with van der Waals surface area (Å²) < 4.78 is 0. The van der Waals surface area contributed by atoms with Crippen LogP contribution in [0.25, 0.3) is 0 Å². The van der Waals surface area contributed by atoms with Crippen LogP contribution >= 0.6 is 11.6 Å². The largest absolute Gasteiger partial charge is 0.382 e. The van der Waals surface area contributed by atoms with Gasteiger partial charge >= 0.3 is 0 Å². The van der Waals surface area contributed by atoms with Gasteiger partial charge in [-0.3, -0.25) is 4.90 Å². The maximum absolute atomic E-state index is 5.93. The van der Waals surface area contributed by atoms with E-state index in [1.807, 2.05) is 6.07 Å². The Balaban J connectivity index is 2.07. The van der Waals surface area contributed by atoms with Crippen LogP contribution in [0.4, 0.5) is 5.69 Å². The molecule has 2 rings (SSSR count). The van der Waals surface area contributed by atoms with Gasteiger partial charge in [0.1, 0.15) is 5.15 Å². The standard InChI is InChI=1S/C15H20ClN3/c1-12(2)18-14-10-15(16)17-11-13(14)6-5-9-19-7-3-4-8-19/h10-12H,3-4,7-9H2,1-2H3,(H,17,18). The molecule has 1 aromatic heterocycles. The highest BCUT2D eigenvalue weighted by Gasteiger charge is 2.09. The fourth-order valence-corrected chi connectivity index (χ4v) is 2.31. The number of pyridine rings is 1. The Bertz CT molecular complexity index is 482. The summed E-state index contributed by atoms with van der Waals surface area (Å²) in [5.41, 5.74) is 1.88. The maximum atomic E-state index is 5.93. The van der Waals surface area contributed by atoms with Crippen LogP contribution in [0, 0.1) is 11.8 Å². The minimum absolute atomic E-state index is 0.345. The van der Waals surface area contributed by atoms with Crippen molar-refractivity contribution in [2.24, 2.45) is 0 Å². The second kappa shape index (κ2) is 6.79. The number of rotatable bonds is 3. The number of hydrogen-bond acceptors (Lipinski definition) is 3. The predicted molar refractivity (Wildman–Crippen MR) is 80.6 cm³/mol. The highest BCUT2D eigenvalue weighted by molar-refractivity contribution is 6.29. The van der Waals surface area contributed by atoms with Crippen molar-refractivity contribution >= 4 is 17.3 Å². The Morgan fingerprint density at radius 1 is 1.42 bits per heavy atom. The van der Waals surface area contributed by atoms with Gasteiger partial charge in [-0.05, 0) is 45.8 Å². The number of aromatic nitrogens is 1. The summed E-state index contributed by atoms with van der Waals surface area (Å²) in [4.78, 5) is 6.49. The first-order valence-corrected chi connectivity index (χ1v) is 7.16. The lowest BCUT2D eigenvalue weighted by molar-refractivity contribution is 0.383. The zero-order chi connectivity index (χ0) is 13.7. The lowest BCUT2D eigenvalue weighted by atomic mass is 10.2. The van der Waals surface area contributed by atoms with Gasteiger partial charge in [0.2, 0.25) is 0 Å². The summed E-state index contributed by atoms with van der Waals surface area (Å²) >= 11 is 5.93. The molecule has 1 aromatic rings. The first-order chi connectivity index (χ1) is 9.15. The van der Waals surface area contributed by atoms with Crippen LogP contribution in [0.15, 0.2) is 12.3 Å². The van der Waals surface area contributed by atoms with Crippen molar-refractivity contribution in [3.05, 3.63) is 23.0 Å². The zero-order valence-electron chi connectivity index (χ0n) is 11.5. The maximum Gasteiger partial charge on any atom is 0.131 e. The van der Waals surface area contributed by atoms with E-state index < -0.39 is 0 Å². The fourth-order valence-electron chi connectivity index (χ4n) is 2.15. The van der Waals surface area contributed by atoms with E-state index in [0.717, 1.165) is 17.8 Å². The lowest BCUT2D eigenvalue weighted by Crippen LogP contribution is -2.19. The average molecular weight is 278 g/mol. The number of anilines is 1. The molecule has 102 valence electrons. The normalized spacial score (nSPS) is 15.4. The SMILES string of the molecule is CC(C)Nc1cc(Cl)ncc1C#CCN1CCCC1. The van der Waals surface area contributed by atoms with Crippen molar-refractivity contribution in [3.63, 3.8) is 0 Å². The van der Waals surface area contributed by atoms with Crippen molar-refractivity contribution in [3.8, 4) is 11.8 Å². The molecule has 0 saturated carbocycles. The van der Waals surface area contributed by atoms with E-state index >= 15 is 0 Å². The molecule has 0 radical (unpaired) electrons. The van der Waals surface area contributed by atoms with Gasteiger partial charge in [0.15, 0.2) is 0 Å². The topological polar surface area (TPSA) is 28.2 Å². The molecule has 1 aliphatic heterocycles. The Kier molecular flexibility index (Phi) is 5.07. The molecule has 0 aromatic carbocycles. The van der Waals surface area contributed by atoms with E-state index in [1.165, 1.54) is 25.9 Å². The highest BCUT2D eigenvalue weighted by atomic mass is 35.5. The van der Waals surface area contributed by atoms with Crippen molar-refractivity contribution in [1.82, 2.24) is 9.88 Å². The number of likely N-dealkylation sites (tertiary alicyclic amines) is 1. The minimum Gasteiger partial charge on any atom is -0.382 e. The van der Waals surface area contributed by atoms with Crippen LogP contribution < -0.4 is 5.32 Å². The van der Waals surface area contributed by atoms with Crippen LogP contribution in [0.3, 0.4) is 0 Å².